The second-order valence-electron chi connectivity index (χ2n) is 7.58. The molecule has 0 aliphatic carbocycles. The van der Waals surface area contributed by atoms with Crippen LogP contribution >= 0.6 is 0 Å². The van der Waals surface area contributed by atoms with Gasteiger partial charge in [0.1, 0.15) is 0 Å². The summed E-state index contributed by atoms with van der Waals surface area (Å²) in [7, 11) is 0. The van der Waals surface area contributed by atoms with Crippen molar-refractivity contribution in [3.63, 3.8) is 0 Å². The summed E-state index contributed by atoms with van der Waals surface area (Å²) in [6, 6.07) is 10.9. The third kappa shape index (κ3) is 4.14. The summed E-state index contributed by atoms with van der Waals surface area (Å²) in [6.07, 6.45) is 3.72. The molecule has 126 valence electrons. The quantitative estimate of drug-likeness (QED) is 0.851. The molecule has 2 heterocycles. The first-order valence-corrected chi connectivity index (χ1v) is 9.19. The maximum atomic E-state index is 12.1. The van der Waals surface area contributed by atoms with Crippen LogP contribution in [-0.2, 0) is 4.79 Å². The number of nitrogens with zero attached hydrogens (tertiary/aromatic N) is 2. The lowest BCUT2D eigenvalue weighted by Gasteiger charge is -2.33. The van der Waals surface area contributed by atoms with E-state index in [0.29, 0.717) is 11.8 Å². The summed E-state index contributed by atoms with van der Waals surface area (Å²) >= 11 is 0. The van der Waals surface area contributed by atoms with Gasteiger partial charge >= 0.3 is 0 Å². The number of carbonyl (C=O) groups is 1. The predicted octanol–water partition coefficient (Wildman–Crippen LogP) is 3.37. The summed E-state index contributed by atoms with van der Waals surface area (Å²) < 4.78 is 0. The minimum atomic E-state index is 0.135. The van der Waals surface area contributed by atoms with Crippen molar-refractivity contribution < 1.29 is 4.79 Å². The minimum Gasteiger partial charge on any atom is -0.342 e. The van der Waals surface area contributed by atoms with Gasteiger partial charge in [-0.2, -0.15) is 0 Å². The Hall–Kier alpha value is -1.35. The molecule has 1 aromatic rings. The van der Waals surface area contributed by atoms with Gasteiger partial charge in [0.25, 0.3) is 0 Å². The molecule has 3 rings (SSSR count). The highest BCUT2D eigenvalue weighted by Gasteiger charge is 2.30. The number of carbonyl (C=O) groups excluding carboxylic acids is 1. The van der Waals surface area contributed by atoms with E-state index in [2.05, 4.69) is 40.1 Å². The molecular formula is C20H30N2O. The van der Waals surface area contributed by atoms with Crippen molar-refractivity contribution in [2.75, 3.05) is 32.7 Å². The van der Waals surface area contributed by atoms with E-state index in [1.807, 2.05) is 13.8 Å². The van der Waals surface area contributed by atoms with Crippen molar-refractivity contribution >= 4 is 5.91 Å². The zero-order valence-corrected chi connectivity index (χ0v) is 14.6. The van der Waals surface area contributed by atoms with Crippen molar-refractivity contribution in [2.24, 2.45) is 11.8 Å². The van der Waals surface area contributed by atoms with Gasteiger partial charge in [-0.05, 0) is 49.8 Å². The van der Waals surface area contributed by atoms with Crippen LogP contribution in [0, 0.1) is 11.8 Å². The largest absolute Gasteiger partial charge is 0.342 e. The van der Waals surface area contributed by atoms with E-state index in [4.69, 9.17) is 0 Å². The molecule has 0 radical (unpaired) electrons. The van der Waals surface area contributed by atoms with Crippen LogP contribution in [0.3, 0.4) is 0 Å². The Bertz CT molecular complexity index is 506. The normalized spacial score (nSPS) is 23.6. The van der Waals surface area contributed by atoms with E-state index in [9.17, 15) is 4.79 Å². The van der Waals surface area contributed by atoms with Crippen molar-refractivity contribution in [2.45, 2.75) is 39.0 Å². The Morgan fingerprint density at radius 2 is 1.78 bits per heavy atom. The van der Waals surface area contributed by atoms with Gasteiger partial charge in [-0.25, -0.2) is 0 Å². The van der Waals surface area contributed by atoms with E-state index in [-0.39, 0.29) is 5.92 Å². The second kappa shape index (κ2) is 7.48. The molecule has 0 bridgehead atoms. The minimum absolute atomic E-state index is 0.135. The molecule has 0 saturated carbocycles. The maximum absolute atomic E-state index is 12.1. The fourth-order valence-corrected chi connectivity index (χ4v) is 4.09. The number of rotatable bonds is 4. The molecule has 0 aromatic heterocycles. The van der Waals surface area contributed by atoms with Gasteiger partial charge < -0.3 is 9.80 Å². The highest BCUT2D eigenvalue weighted by atomic mass is 16.2. The van der Waals surface area contributed by atoms with Gasteiger partial charge in [0.2, 0.25) is 5.91 Å². The lowest BCUT2D eigenvalue weighted by Crippen LogP contribution is -2.38. The average Bonchev–Trinajstić information content (AvgIpc) is 3.04. The van der Waals surface area contributed by atoms with E-state index in [1.54, 1.807) is 0 Å². The first-order valence-electron chi connectivity index (χ1n) is 9.19. The number of hydrogen-bond acceptors (Lipinski definition) is 2. The highest BCUT2D eigenvalue weighted by molar-refractivity contribution is 5.78. The Kier molecular flexibility index (Phi) is 5.37. The fraction of sp³-hybridized carbons (Fsp3) is 0.650. The molecule has 1 atom stereocenters. The molecule has 2 aliphatic heterocycles. The smallest absolute Gasteiger partial charge is 0.225 e. The van der Waals surface area contributed by atoms with Crippen LogP contribution in [0.1, 0.15) is 44.6 Å². The Morgan fingerprint density at radius 1 is 1.09 bits per heavy atom. The molecule has 0 unspecified atom stereocenters. The number of piperidine rings is 1. The summed E-state index contributed by atoms with van der Waals surface area (Å²) in [5.41, 5.74) is 1.50. The van der Waals surface area contributed by atoms with E-state index >= 15 is 0 Å². The van der Waals surface area contributed by atoms with E-state index in [1.165, 1.54) is 44.5 Å². The highest BCUT2D eigenvalue weighted by Crippen LogP contribution is 2.29. The Balaban J connectivity index is 1.44. The Labute approximate surface area is 140 Å². The van der Waals surface area contributed by atoms with Crippen LogP contribution in [0.15, 0.2) is 30.3 Å². The van der Waals surface area contributed by atoms with Crippen LogP contribution in [0.4, 0.5) is 0 Å². The van der Waals surface area contributed by atoms with Gasteiger partial charge in [-0.15, -0.1) is 0 Å². The first kappa shape index (κ1) is 16.5. The number of amides is 1. The summed E-state index contributed by atoms with van der Waals surface area (Å²) in [6.45, 7) is 9.51. The first-order chi connectivity index (χ1) is 11.1. The van der Waals surface area contributed by atoms with Crippen LogP contribution in [0.2, 0.25) is 0 Å². The van der Waals surface area contributed by atoms with E-state index < -0.39 is 0 Å². The standard InChI is InChI=1S/C20H30N2O/c1-16(2)20(23)22-13-8-17(15-22)14-21-11-9-19(10-12-21)18-6-4-3-5-7-18/h3-7,16-17,19H,8-15H2,1-2H3/t17-/m0/s1. The zero-order chi connectivity index (χ0) is 16.2. The van der Waals surface area contributed by atoms with Crippen molar-refractivity contribution in [1.82, 2.24) is 9.80 Å². The van der Waals surface area contributed by atoms with Crippen molar-refractivity contribution in [3.8, 4) is 0 Å². The third-order valence-electron chi connectivity index (χ3n) is 5.47. The number of likely N-dealkylation sites (tertiary alicyclic amines) is 2. The van der Waals surface area contributed by atoms with Crippen molar-refractivity contribution in [3.05, 3.63) is 35.9 Å². The lowest BCUT2D eigenvalue weighted by molar-refractivity contribution is -0.133. The van der Waals surface area contributed by atoms with Crippen LogP contribution in [0.5, 0.6) is 0 Å². The van der Waals surface area contributed by atoms with Gasteiger partial charge in [0.15, 0.2) is 0 Å². The van der Waals surface area contributed by atoms with Gasteiger partial charge in [0, 0.05) is 25.6 Å². The lowest BCUT2D eigenvalue weighted by atomic mass is 9.89. The molecule has 3 nitrogen and oxygen atoms in total. The van der Waals surface area contributed by atoms with Gasteiger partial charge in [-0.1, -0.05) is 44.2 Å². The fourth-order valence-electron chi connectivity index (χ4n) is 4.09. The molecule has 1 amide bonds. The molecular weight excluding hydrogens is 284 g/mol. The molecule has 2 fully saturated rings. The van der Waals surface area contributed by atoms with Gasteiger partial charge in [0.05, 0.1) is 0 Å². The molecule has 1 aromatic carbocycles. The second-order valence-corrected chi connectivity index (χ2v) is 7.58. The topological polar surface area (TPSA) is 23.6 Å². The molecule has 0 spiro atoms. The summed E-state index contributed by atoms with van der Waals surface area (Å²) in [5, 5.41) is 0. The molecule has 3 heteroatoms. The number of benzene rings is 1. The summed E-state index contributed by atoms with van der Waals surface area (Å²) in [5.74, 6) is 1.87. The predicted molar refractivity (Wildman–Crippen MR) is 94.4 cm³/mol. The summed E-state index contributed by atoms with van der Waals surface area (Å²) in [4.78, 5) is 16.8. The van der Waals surface area contributed by atoms with Crippen molar-refractivity contribution in [1.29, 1.82) is 0 Å². The maximum Gasteiger partial charge on any atom is 0.225 e. The van der Waals surface area contributed by atoms with Crippen LogP contribution in [-0.4, -0.2) is 48.4 Å². The average molecular weight is 314 g/mol. The molecule has 0 N–H and O–H groups in total. The molecule has 2 aliphatic rings. The van der Waals surface area contributed by atoms with Gasteiger partial charge in [-0.3, -0.25) is 4.79 Å². The van der Waals surface area contributed by atoms with E-state index in [0.717, 1.165) is 19.0 Å². The molecule has 2 saturated heterocycles. The molecule has 23 heavy (non-hydrogen) atoms. The third-order valence-corrected chi connectivity index (χ3v) is 5.47. The SMILES string of the molecule is CC(C)C(=O)N1CC[C@@H](CN2CCC(c3ccccc3)CC2)C1. The van der Waals surface area contributed by atoms with Crippen LogP contribution < -0.4 is 0 Å². The monoisotopic (exact) mass is 314 g/mol. The Morgan fingerprint density at radius 3 is 2.43 bits per heavy atom. The number of hydrogen-bond donors (Lipinski definition) is 0. The van der Waals surface area contributed by atoms with Crippen LogP contribution in [0.25, 0.3) is 0 Å². The zero-order valence-electron chi connectivity index (χ0n) is 14.6.